The van der Waals surface area contributed by atoms with Gasteiger partial charge >= 0.3 is 0 Å². The van der Waals surface area contributed by atoms with Crippen molar-refractivity contribution in [3.05, 3.63) is 29.4 Å². The molecule has 0 unspecified atom stereocenters. The van der Waals surface area contributed by atoms with Crippen molar-refractivity contribution in [2.45, 2.75) is 19.8 Å². The highest BCUT2D eigenvalue weighted by molar-refractivity contribution is 14.1. The van der Waals surface area contributed by atoms with Crippen LogP contribution in [0.2, 0.25) is 0 Å². The number of nitrogens with zero attached hydrogens (tertiary/aromatic N) is 2. The van der Waals surface area contributed by atoms with Crippen molar-refractivity contribution in [1.29, 1.82) is 5.41 Å². The molecule has 4 heteroatoms. The maximum absolute atomic E-state index is 7.20. The van der Waals surface area contributed by atoms with Gasteiger partial charge in [-0.15, -0.1) is 0 Å². The number of hydrogen-bond acceptors (Lipinski definition) is 2. The van der Waals surface area contributed by atoms with Gasteiger partial charge in [0.15, 0.2) is 0 Å². The molecule has 0 saturated carbocycles. The van der Waals surface area contributed by atoms with Crippen LogP contribution in [-0.2, 0) is 0 Å². The highest BCUT2D eigenvalue weighted by atomic mass is 127. The molecule has 0 aliphatic rings. The van der Waals surface area contributed by atoms with E-state index in [1.54, 1.807) is 4.57 Å². The number of aromatic nitrogens is 1. The molecule has 0 amide bonds. The Bertz CT molecular complexity index is 365. The fourth-order valence-corrected chi connectivity index (χ4v) is 1.45. The summed E-state index contributed by atoms with van der Waals surface area (Å²) in [5, 5.41) is 7.20. The van der Waals surface area contributed by atoms with Gasteiger partial charge in [-0.3, -0.25) is 9.98 Å². The van der Waals surface area contributed by atoms with Crippen LogP contribution in [-0.4, -0.2) is 10.9 Å². The van der Waals surface area contributed by atoms with Crippen molar-refractivity contribution < 1.29 is 0 Å². The summed E-state index contributed by atoms with van der Waals surface area (Å²) in [6, 6.07) is 3.97. The lowest BCUT2D eigenvalue weighted by Crippen LogP contribution is -2.19. The van der Waals surface area contributed by atoms with E-state index in [-0.39, 0.29) is 0 Å². The molecule has 1 aromatic rings. The van der Waals surface area contributed by atoms with Gasteiger partial charge in [0, 0.05) is 6.20 Å². The van der Waals surface area contributed by atoms with Gasteiger partial charge < -0.3 is 0 Å². The minimum Gasteiger partial charge on any atom is -0.292 e. The smallest absolute Gasteiger partial charge is 0.144 e. The number of nitrogens with one attached hydrogen (secondary N) is 1. The van der Waals surface area contributed by atoms with Crippen molar-refractivity contribution in [3.8, 4) is 0 Å². The Morgan fingerprint density at radius 1 is 1.54 bits per heavy atom. The second-order valence-electron chi connectivity index (χ2n) is 3.10. The van der Waals surface area contributed by atoms with Crippen LogP contribution in [0, 0.1) is 5.41 Å². The molecule has 0 fully saturated rings. The molecule has 0 aromatic carbocycles. The van der Waals surface area contributed by atoms with E-state index in [0.29, 0.717) is 5.92 Å². The summed E-state index contributed by atoms with van der Waals surface area (Å²) in [5.41, 5.74) is 2.01. The largest absolute Gasteiger partial charge is 0.292 e. The van der Waals surface area contributed by atoms with Crippen LogP contribution >= 0.6 is 22.9 Å². The molecule has 1 rings (SSSR count). The molecule has 0 atom stereocenters. The van der Waals surface area contributed by atoms with Crippen LogP contribution < -0.4 is 5.49 Å². The molecule has 13 heavy (non-hydrogen) atoms. The normalized spacial score (nSPS) is 12.2. The lowest BCUT2D eigenvalue weighted by atomic mass is 10.1. The maximum Gasteiger partial charge on any atom is 0.144 e. The summed E-state index contributed by atoms with van der Waals surface area (Å²) in [7, 11) is 0. The van der Waals surface area contributed by atoms with Crippen LogP contribution in [0.3, 0.4) is 0 Å². The molecule has 0 bridgehead atoms. The minimum absolute atomic E-state index is 0.481. The summed E-state index contributed by atoms with van der Waals surface area (Å²) in [4.78, 5) is 0. The highest BCUT2D eigenvalue weighted by Crippen LogP contribution is 2.10. The standard InChI is InChI=1S/C9H12IN3/c1-7(2)8-3-4-9(12-10)13(5-8)6-11/h3-7,11H,1-2H3/b11-6?,12-9+. The second kappa shape index (κ2) is 4.55. The van der Waals surface area contributed by atoms with E-state index in [2.05, 4.69) is 17.1 Å². The molecule has 3 nitrogen and oxygen atoms in total. The van der Waals surface area contributed by atoms with Gasteiger partial charge in [0.1, 0.15) is 5.49 Å². The van der Waals surface area contributed by atoms with Gasteiger partial charge in [0.05, 0.1) is 29.2 Å². The maximum atomic E-state index is 7.20. The average Bonchev–Trinajstić information content (AvgIpc) is 2.16. The third kappa shape index (κ3) is 2.40. The van der Waals surface area contributed by atoms with Gasteiger partial charge in [-0.2, -0.15) is 3.21 Å². The van der Waals surface area contributed by atoms with E-state index < -0.39 is 0 Å². The van der Waals surface area contributed by atoms with Crippen LogP contribution in [0.15, 0.2) is 21.5 Å². The topological polar surface area (TPSA) is 41.1 Å². The first-order valence-corrected chi connectivity index (χ1v) is 5.03. The summed E-state index contributed by atoms with van der Waals surface area (Å²) in [6.07, 6.45) is 3.21. The van der Waals surface area contributed by atoms with Gasteiger partial charge in [-0.1, -0.05) is 19.9 Å². The molecular weight excluding hydrogens is 277 g/mol. The Morgan fingerprint density at radius 2 is 2.23 bits per heavy atom. The van der Waals surface area contributed by atoms with Gasteiger partial charge in [-0.25, -0.2) is 0 Å². The van der Waals surface area contributed by atoms with Crippen molar-refractivity contribution in [1.82, 2.24) is 4.57 Å². The van der Waals surface area contributed by atoms with E-state index >= 15 is 0 Å². The zero-order valence-electron chi connectivity index (χ0n) is 7.66. The fourth-order valence-electron chi connectivity index (χ4n) is 1.04. The van der Waals surface area contributed by atoms with Crippen LogP contribution in [0.1, 0.15) is 25.3 Å². The number of halogens is 1. The summed E-state index contributed by atoms with van der Waals surface area (Å²) >= 11 is 1.93. The van der Waals surface area contributed by atoms with Crippen molar-refractivity contribution >= 4 is 29.2 Å². The Kier molecular flexibility index (Phi) is 3.65. The second-order valence-corrected chi connectivity index (χ2v) is 3.58. The predicted molar refractivity (Wildman–Crippen MR) is 62.3 cm³/mol. The minimum atomic E-state index is 0.481. The zero-order chi connectivity index (χ0) is 9.84. The lowest BCUT2D eigenvalue weighted by Gasteiger charge is -2.07. The Balaban J connectivity index is 3.29. The number of hydrogen-bond donors (Lipinski definition) is 1. The lowest BCUT2D eigenvalue weighted by molar-refractivity contribution is 0.843. The first-order valence-electron chi connectivity index (χ1n) is 4.06. The Labute approximate surface area is 91.5 Å². The average molecular weight is 289 g/mol. The van der Waals surface area contributed by atoms with Gasteiger partial charge in [-0.05, 0) is 17.5 Å². The monoisotopic (exact) mass is 289 g/mol. The molecule has 0 radical (unpaired) electrons. The third-order valence-corrected chi connectivity index (χ3v) is 2.36. The van der Waals surface area contributed by atoms with E-state index in [0.717, 1.165) is 5.49 Å². The molecule has 1 heterocycles. The first-order chi connectivity index (χ1) is 6.19. The summed E-state index contributed by atoms with van der Waals surface area (Å²) in [6.45, 7) is 4.26. The molecule has 0 saturated heterocycles. The molecule has 0 spiro atoms. The predicted octanol–water partition coefficient (Wildman–Crippen LogP) is 2.32. The summed E-state index contributed by atoms with van der Waals surface area (Å²) in [5.74, 6) is 0.481. The quantitative estimate of drug-likeness (QED) is 0.493. The zero-order valence-corrected chi connectivity index (χ0v) is 9.82. The van der Waals surface area contributed by atoms with E-state index in [1.807, 2.05) is 41.2 Å². The molecule has 1 aromatic heterocycles. The van der Waals surface area contributed by atoms with Crippen molar-refractivity contribution in [2.24, 2.45) is 3.21 Å². The SMILES string of the molecule is CC(C)c1cc/c(=N\I)n(C=N)c1. The molecule has 0 aliphatic carbocycles. The number of pyridine rings is 1. The van der Waals surface area contributed by atoms with Crippen molar-refractivity contribution in [2.75, 3.05) is 0 Å². The Hall–Kier alpha value is -0.650. The van der Waals surface area contributed by atoms with E-state index in [9.17, 15) is 0 Å². The fraction of sp³-hybridized carbons (Fsp3) is 0.333. The van der Waals surface area contributed by atoms with Crippen LogP contribution in [0.5, 0.6) is 0 Å². The van der Waals surface area contributed by atoms with E-state index in [4.69, 9.17) is 5.41 Å². The summed E-state index contributed by atoms with van der Waals surface area (Å²) < 4.78 is 5.73. The van der Waals surface area contributed by atoms with Crippen LogP contribution in [0.4, 0.5) is 0 Å². The molecule has 70 valence electrons. The van der Waals surface area contributed by atoms with Crippen LogP contribution in [0.25, 0.3) is 0 Å². The third-order valence-electron chi connectivity index (χ3n) is 1.87. The van der Waals surface area contributed by atoms with E-state index in [1.165, 1.54) is 11.9 Å². The molecule has 1 N–H and O–H groups in total. The molecule has 0 aliphatic heterocycles. The highest BCUT2D eigenvalue weighted by Gasteiger charge is 1.99. The molecular formula is C9H12IN3. The first kappa shape index (κ1) is 10.4. The Morgan fingerprint density at radius 3 is 2.69 bits per heavy atom. The number of rotatable bonds is 2. The van der Waals surface area contributed by atoms with Crippen molar-refractivity contribution in [3.63, 3.8) is 0 Å². The van der Waals surface area contributed by atoms with Gasteiger partial charge in [0.25, 0.3) is 0 Å². The van der Waals surface area contributed by atoms with Gasteiger partial charge in [0.2, 0.25) is 0 Å².